The molecular formula is C12H20O6. The van der Waals surface area contributed by atoms with Crippen LogP contribution in [0.15, 0.2) is 0 Å². The van der Waals surface area contributed by atoms with Gasteiger partial charge >= 0.3 is 11.9 Å². The Balaban J connectivity index is 0. The van der Waals surface area contributed by atoms with Crippen molar-refractivity contribution in [3.05, 3.63) is 0 Å². The van der Waals surface area contributed by atoms with E-state index in [1.807, 2.05) is 0 Å². The highest BCUT2D eigenvalue weighted by atomic mass is 16.4. The van der Waals surface area contributed by atoms with E-state index in [0.717, 1.165) is 12.6 Å². The van der Waals surface area contributed by atoms with Crippen molar-refractivity contribution >= 4 is 24.5 Å². The smallest absolute Gasteiger partial charge is 0.303 e. The van der Waals surface area contributed by atoms with Crippen LogP contribution in [0.25, 0.3) is 0 Å². The Bertz CT molecular complexity index is 223. The Hall–Kier alpha value is -1.72. The van der Waals surface area contributed by atoms with Gasteiger partial charge in [-0.05, 0) is 25.7 Å². The average molecular weight is 260 g/mol. The third-order valence-electron chi connectivity index (χ3n) is 1.93. The zero-order valence-corrected chi connectivity index (χ0v) is 10.3. The minimum Gasteiger partial charge on any atom is -0.481 e. The largest absolute Gasteiger partial charge is 0.481 e. The lowest BCUT2D eigenvalue weighted by atomic mass is 10.2. The van der Waals surface area contributed by atoms with Crippen LogP contribution in [-0.4, -0.2) is 34.7 Å². The molecule has 0 heterocycles. The number of carbonyl (C=O) groups is 4. The van der Waals surface area contributed by atoms with Crippen molar-refractivity contribution in [3.8, 4) is 0 Å². The highest BCUT2D eigenvalue weighted by molar-refractivity contribution is 5.66. The molecule has 0 aliphatic carbocycles. The summed E-state index contributed by atoms with van der Waals surface area (Å²) in [5, 5.41) is 16.2. The zero-order chi connectivity index (χ0) is 14.2. The van der Waals surface area contributed by atoms with Gasteiger partial charge in [0.2, 0.25) is 0 Å². The number of carboxylic acid groups (broad SMARTS) is 2. The molecule has 0 spiro atoms. The molecule has 0 amide bonds. The fourth-order valence-electron chi connectivity index (χ4n) is 1.01. The van der Waals surface area contributed by atoms with Gasteiger partial charge in [-0.3, -0.25) is 9.59 Å². The SMILES string of the molecule is O=CCCCCC(=O)O.O=CCCCCC(=O)O. The molecule has 0 saturated carbocycles. The van der Waals surface area contributed by atoms with Crippen molar-refractivity contribution in [1.29, 1.82) is 0 Å². The molecule has 18 heavy (non-hydrogen) atoms. The summed E-state index contributed by atoms with van der Waals surface area (Å²) >= 11 is 0. The van der Waals surface area contributed by atoms with Crippen LogP contribution in [0.1, 0.15) is 51.4 Å². The van der Waals surface area contributed by atoms with Gasteiger partial charge in [-0.25, -0.2) is 0 Å². The lowest BCUT2D eigenvalue weighted by molar-refractivity contribution is -0.138. The number of aliphatic carboxylic acids is 2. The number of aldehydes is 2. The van der Waals surface area contributed by atoms with E-state index in [2.05, 4.69) is 0 Å². The molecule has 0 rings (SSSR count). The fourth-order valence-corrected chi connectivity index (χ4v) is 1.01. The van der Waals surface area contributed by atoms with Crippen molar-refractivity contribution in [3.63, 3.8) is 0 Å². The van der Waals surface area contributed by atoms with Crippen LogP contribution in [0.5, 0.6) is 0 Å². The highest BCUT2D eigenvalue weighted by Gasteiger charge is 1.94. The second-order valence-electron chi connectivity index (χ2n) is 3.61. The molecule has 0 aromatic carbocycles. The summed E-state index contributed by atoms with van der Waals surface area (Å²) in [5.41, 5.74) is 0. The quantitative estimate of drug-likeness (QED) is 0.456. The van der Waals surface area contributed by atoms with E-state index >= 15 is 0 Å². The van der Waals surface area contributed by atoms with Crippen LogP contribution in [0.3, 0.4) is 0 Å². The number of rotatable bonds is 10. The van der Waals surface area contributed by atoms with Gasteiger partial charge < -0.3 is 19.8 Å². The molecule has 0 aromatic rings. The van der Waals surface area contributed by atoms with Gasteiger partial charge in [-0.1, -0.05) is 0 Å². The molecule has 0 atom stereocenters. The van der Waals surface area contributed by atoms with Crippen LogP contribution >= 0.6 is 0 Å². The topological polar surface area (TPSA) is 109 Å². The predicted molar refractivity (Wildman–Crippen MR) is 64.3 cm³/mol. The first-order valence-corrected chi connectivity index (χ1v) is 5.85. The third kappa shape index (κ3) is 23.8. The van der Waals surface area contributed by atoms with Gasteiger partial charge in [-0.2, -0.15) is 0 Å². The van der Waals surface area contributed by atoms with Crippen molar-refractivity contribution in [2.24, 2.45) is 0 Å². The van der Waals surface area contributed by atoms with Crippen molar-refractivity contribution < 1.29 is 29.4 Å². The Morgan fingerprint density at radius 3 is 1.28 bits per heavy atom. The number of unbranched alkanes of at least 4 members (excludes halogenated alkanes) is 4. The maximum absolute atomic E-state index is 9.87. The lowest BCUT2D eigenvalue weighted by Crippen LogP contribution is -1.93. The molecule has 2 N–H and O–H groups in total. The monoisotopic (exact) mass is 260 g/mol. The minimum absolute atomic E-state index is 0.174. The summed E-state index contributed by atoms with van der Waals surface area (Å²) in [4.78, 5) is 39.2. The molecule has 0 fully saturated rings. The Labute approximate surface area is 106 Å². The first kappa shape index (κ1) is 18.6. The molecule has 0 saturated heterocycles. The fraction of sp³-hybridized carbons (Fsp3) is 0.667. The van der Waals surface area contributed by atoms with Crippen LogP contribution in [0.2, 0.25) is 0 Å². The normalized spacial score (nSPS) is 8.89. The van der Waals surface area contributed by atoms with Crippen LogP contribution in [0.4, 0.5) is 0 Å². The van der Waals surface area contributed by atoms with Crippen LogP contribution in [0, 0.1) is 0 Å². The van der Waals surface area contributed by atoms with Gasteiger partial charge in [0.1, 0.15) is 12.6 Å². The summed E-state index contributed by atoms with van der Waals surface area (Å²) in [6.45, 7) is 0. The van der Waals surface area contributed by atoms with Crippen molar-refractivity contribution in [1.82, 2.24) is 0 Å². The van der Waals surface area contributed by atoms with E-state index in [1.165, 1.54) is 0 Å². The molecule has 0 unspecified atom stereocenters. The van der Waals surface area contributed by atoms with E-state index in [-0.39, 0.29) is 12.8 Å². The maximum Gasteiger partial charge on any atom is 0.303 e. The summed E-state index contributed by atoms with van der Waals surface area (Å²) in [5.74, 6) is -1.58. The van der Waals surface area contributed by atoms with E-state index in [1.54, 1.807) is 0 Å². The third-order valence-corrected chi connectivity index (χ3v) is 1.93. The van der Waals surface area contributed by atoms with Crippen LogP contribution < -0.4 is 0 Å². The highest BCUT2D eigenvalue weighted by Crippen LogP contribution is 1.97. The van der Waals surface area contributed by atoms with Crippen LogP contribution in [-0.2, 0) is 19.2 Å². The minimum atomic E-state index is -0.791. The van der Waals surface area contributed by atoms with Crippen molar-refractivity contribution in [2.75, 3.05) is 0 Å². The summed E-state index contributed by atoms with van der Waals surface area (Å²) in [6, 6.07) is 0. The first-order valence-electron chi connectivity index (χ1n) is 5.85. The Morgan fingerprint density at radius 2 is 1.06 bits per heavy atom. The second kappa shape index (κ2) is 15.3. The number of carboxylic acids is 2. The van der Waals surface area contributed by atoms with Gasteiger partial charge in [-0.15, -0.1) is 0 Å². The van der Waals surface area contributed by atoms with Gasteiger partial charge in [0.25, 0.3) is 0 Å². The number of hydrogen-bond acceptors (Lipinski definition) is 4. The van der Waals surface area contributed by atoms with Gasteiger partial charge in [0, 0.05) is 25.7 Å². The molecule has 0 radical (unpaired) electrons. The number of carbonyl (C=O) groups excluding carboxylic acids is 2. The standard InChI is InChI=1S/2C6H10O3/c2*7-5-3-1-2-4-6(8)9/h2*5H,1-4H2,(H,8,9). The van der Waals surface area contributed by atoms with Crippen molar-refractivity contribution in [2.45, 2.75) is 51.4 Å². The second-order valence-corrected chi connectivity index (χ2v) is 3.61. The molecule has 0 bridgehead atoms. The van der Waals surface area contributed by atoms with Gasteiger partial charge in [0.05, 0.1) is 0 Å². The Morgan fingerprint density at radius 1 is 0.722 bits per heavy atom. The van der Waals surface area contributed by atoms with Gasteiger partial charge in [0.15, 0.2) is 0 Å². The number of hydrogen-bond donors (Lipinski definition) is 2. The first-order chi connectivity index (χ1) is 8.54. The summed E-state index contributed by atoms with van der Waals surface area (Å²) < 4.78 is 0. The summed E-state index contributed by atoms with van der Waals surface area (Å²) in [7, 11) is 0. The zero-order valence-electron chi connectivity index (χ0n) is 10.3. The molecule has 0 aliphatic rings. The lowest BCUT2D eigenvalue weighted by Gasteiger charge is -1.89. The molecule has 0 aromatic heterocycles. The molecule has 0 aliphatic heterocycles. The Kier molecular flexibility index (Phi) is 15.8. The van der Waals surface area contributed by atoms with E-state index in [9.17, 15) is 19.2 Å². The van der Waals surface area contributed by atoms with E-state index in [0.29, 0.717) is 38.5 Å². The predicted octanol–water partition coefficient (Wildman–Crippen LogP) is 1.66. The average Bonchev–Trinajstić information content (AvgIpc) is 2.31. The van der Waals surface area contributed by atoms with E-state index < -0.39 is 11.9 Å². The maximum atomic E-state index is 9.87. The summed E-state index contributed by atoms with van der Waals surface area (Å²) in [6.07, 6.45) is 5.51. The molecule has 6 heteroatoms. The molecule has 104 valence electrons. The molecular weight excluding hydrogens is 240 g/mol. The molecule has 6 nitrogen and oxygen atoms in total. The van der Waals surface area contributed by atoms with E-state index in [4.69, 9.17) is 10.2 Å².